The Bertz CT molecular complexity index is 1160. The van der Waals surface area contributed by atoms with Crippen LogP contribution in [0.4, 0.5) is 11.4 Å². The first-order valence-corrected chi connectivity index (χ1v) is 10.4. The zero-order valence-corrected chi connectivity index (χ0v) is 17.5. The second-order valence-electron chi connectivity index (χ2n) is 7.62. The first-order chi connectivity index (χ1) is 15.6. The summed E-state index contributed by atoms with van der Waals surface area (Å²) < 4.78 is 0. The number of rotatable bonds is 7. The molecular weight excluding hydrogens is 400 g/mol. The van der Waals surface area contributed by atoms with Gasteiger partial charge in [-0.25, -0.2) is 0 Å². The van der Waals surface area contributed by atoms with Crippen molar-refractivity contribution in [3.05, 3.63) is 95.8 Å². The van der Waals surface area contributed by atoms with Gasteiger partial charge in [0.15, 0.2) is 0 Å². The van der Waals surface area contributed by atoms with Crippen LogP contribution in [0.3, 0.4) is 0 Å². The number of amides is 2. The SMILES string of the molecule is Nc1ccccc1NC(=O)/C=C/c1ccc(C=C(C(=O)NC2CC2)c2cccnc2)cc1. The Labute approximate surface area is 186 Å². The molecule has 32 heavy (non-hydrogen) atoms. The lowest BCUT2D eigenvalue weighted by Gasteiger charge is -2.09. The van der Waals surface area contributed by atoms with Crippen molar-refractivity contribution in [3.63, 3.8) is 0 Å². The van der Waals surface area contributed by atoms with E-state index in [4.69, 9.17) is 5.73 Å². The Morgan fingerprint density at radius 1 is 0.969 bits per heavy atom. The van der Waals surface area contributed by atoms with Gasteiger partial charge in [0.05, 0.1) is 11.4 Å². The Morgan fingerprint density at radius 2 is 1.72 bits per heavy atom. The van der Waals surface area contributed by atoms with Gasteiger partial charge in [0, 0.05) is 35.6 Å². The van der Waals surface area contributed by atoms with Crippen LogP contribution < -0.4 is 16.4 Å². The molecule has 0 bridgehead atoms. The Balaban J connectivity index is 1.47. The summed E-state index contributed by atoms with van der Waals surface area (Å²) in [6.07, 6.45) is 10.5. The van der Waals surface area contributed by atoms with E-state index >= 15 is 0 Å². The highest BCUT2D eigenvalue weighted by atomic mass is 16.2. The van der Waals surface area contributed by atoms with Gasteiger partial charge in [-0.1, -0.05) is 42.5 Å². The summed E-state index contributed by atoms with van der Waals surface area (Å²) in [5.41, 5.74) is 10.0. The molecular formula is C26H24N4O2. The molecule has 1 aliphatic rings. The molecule has 0 spiro atoms. The number of nitrogens with one attached hydrogen (secondary N) is 2. The van der Waals surface area contributed by atoms with Gasteiger partial charge in [-0.05, 0) is 54.3 Å². The molecule has 4 rings (SSSR count). The maximum Gasteiger partial charge on any atom is 0.252 e. The molecule has 6 heteroatoms. The quantitative estimate of drug-likeness (QED) is 0.392. The lowest BCUT2D eigenvalue weighted by molar-refractivity contribution is -0.115. The third-order valence-corrected chi connectivity index (χ3v) is 5.02. The molecule has 0 radical (unpaired) electrons. The molecule has 2 amide bonds. The molecule has 2 aromatic carbocycles. The summed E-state index contributed by atoms with van der Waals surface area (Å²) in [5, 5.41) is 5.80. The number of hydrogen-bond acceptors (Lipinski definition) is 4. The van der Waals surface area contributed by atoms with Crippen LogP contribution in [0, 0.1) is 0 Å². The van der Waals surface area contributed by atoms with E-state index in [9.17, 15) is 9.59 Å². The monoisotopic (exact) mass is 424 g/mol. The van der Waals surface area contributed by atoms with Gasteiger partial charge in [0.25, 0.3) is 5.91 Å². The van der Waals surface area contributed by atoms with Gasteiger partial charge >= 0.3 is 0 Å². The van der Waals surface area contributed by atoms with Crippen LogP contribution in [0.25, 0.3) is 17.7 Å². The minimum Gasteiger partial charge on any atom is -0.397 e. The van der Waals surface area contributed by atoms with Gasteiger partial charge in [0.2, 0.25) is 5.91 Å². The van der Waals surface area contributed by atoms with Crippen LogP contribution in [-0.2, 0) is 9.59 Å². The number of benzene rings is 2. The Kier molecular flexibility index (Phi) is 6.41. The van der Waals surface area contributed by atoms with Crippen molar-refractivity contribution >= 4 is 40.9 Å². The van der Waals surface area contributed by atoms with Crippen LogP contribution in [0.2, 0.25) is 0 Å². The molecule has 0 atom stereocenters. The summed E-state index contributed by atoms with van der Waals surface area (Å²) in [5.74, 6) is -0.358. The van der Waals surface area contributed by atoms with Gasteiger partial charge in [-0.2, -0.15) is 0 Å². The second-order valence-corrected chi connectivity index (χ2v) is 7.62. The summed E-state index contributed by atoms with van der Waals surface area (Å²) in [6, 6.07) is 18.7. The number of anilines is 2. The van der Waals surface area contributed by atoms with Gasteiger partial charge in [0.1, 0.15) is 0 Å². The summed E-state index contributed by atoms with van der Waals surface area (Å²) >= 11 is 0. The second kappa shape index (κ2) is 9.75. The largest absolute Gasteiger partial charge is 0.397 e. The first kappa shape index (κ1) is 21.1. The zero-order chi connectivity index (χ0) is 22.3. The number of pyridine rings is 1. The Morgan fingerprint density at radius 3 is 2.41 bits per heavy atom. The molecule has 1 aliphatic carbocycles. The highest BCUT2D eigenvalue weighted by Gasteiger charge is 2.25. The molecule has 1 saturated carbocycles. The fourth-order valence-electron chi connectivity index (χ4n) is 3.12. The van der Waals surface area contributed by atoms with Gasteiger partial charge in [-0.3, -0.25) is 14.6 Å². The average Bonchev–Trinajstić information content (AvgIpc) is 3.63. The van der Waals surface area contributed by atoms with Crippen molar-refractivity contribution in [2.45, 2.75) is 18.9 Å². The van der Waals surface area contributed by atoms with Gasteiger partial charge in [-0.15, -0.1) is 0 Å². The van der Waals surface area contributed by atoms with E-state index in [1.807, 2.05) is 54.6 Å². The van der Waals surface area contributed by atoms with Crippen LogP contribution in [0.5, 0.6) is 0 Å². The Hall–Kier alpha value is -4.19. The van der Waals surface area contributed by atoms with E-state index in [0.717, 1.165) is 29.5 Å². The highest BCUT2D eigenvalue weighted by molar-refractivity contribution is 6.24. The van der Waals surface area contributed by atoms with Crippen molar-refractivity contribution in [3.8, 4) is 0 Å². The standard InChI is InChI=1S/C26H24N4O2/c27-23-5-1-2-6-24(23)30-25(31)14-11-18-7-9-19(10-8-18)16-22(20-4-3-15-28-17-20)26(32)29-21-12-13-21/h1-11,14-17,21H,12-13,27H2,(H,29,32)(H,30,31)/b14-11+,22-16?. The molecule has 0 unspecified atom stereocenters. The molecule has 1 aromatic heterocycles. The molecule has 1 fully saturated rings. The maximum absolute atomic E-state index is 12.7. The van der Waals surface area contributed by atoms with Crippen molar-refractivity contribution in [1.82, 2.24) is 10.3 Å². The third-order valence-electron chi connectivity index (χ3n) is 5.02. The molecule has 6 nitrogen and oxygen atoms in total. The number of nitrogens with two attached hydrogens (primary N) is 1. The fourth-order valence-corrected chi connectivity index (χ4v) is 3.12. The van der Waals surface area contributed by atoms with E-state index < -0.39 is 0 Å². The summed E-state index contributed by atoms with van der Waals surface area (Å²) in [7, 11) is 0. The van der Waals surface area contributed by atoms with E-state index in [-0.39, 0.29) is 17.9 Å². The van der Waals surface area contributed by atoms with Gasteiger partial charge < -0.3 is 16.4 Å². The van der Waals surface area contributed by atoms with E-state index in [1.165, 1.54) is 6.08 Å². The minimum atomic E-state index is -0.262. The molecule has 3 aromatic rings. The molecule has 0 aliphatic heterocycles. The smallest absolute Gasteiger partial charge is 0.252 e. The van der Waals surface area contributed by atoms with Crippen LogP contribution in [0.1, 0.15) is 29.5 Å². The highest BCUT2D eigenvalue weighted by Crippen LogP contribution is 2.23. The van der Waals surface area contributed by atoms with Crippen LogP contribution >= 0.6 is 0 Å². The predicted octanol–water partition coefficient (Wildman–Crippen LogP) is 4.13. The lowest BCUT2D eigenvalue weighted by atomic mass is 10.0. The predicted molar refractivity (Wildman–Crippen MR) is 128 cm³/mol. The van der Waals surface area contributed by atoms with Crippen LogP contribution in [0.15, 0.2) is 79.1 Å². The van der Waals surface area contributed by atoms with E-state index in [1.54, 1.807) is 30.6 Å². The third kappa shape index (κ3) is 5.70. The molecule has 0 saturated heterocycles. The minimum absolute atomic E-state index is 0.0960. The number of nitrogens with zero attached hydrogens (tertiary/aromatic N) is 1. The van der Waals surface area contributed by atoms with Crippen molar-refractivity contribution < 1.29 is 9.59 Å². The van der Waals surface area contributed by atoms with Crippen LogP contribution in [-0.4, -0.2) is 22.8 Å². The lowest BCUT2D eigenvalue weighted by Crippen LogP contribution is -2.26. The number of hydrogen-bond donors (Lipinski definition) is 3. The van der Waals surface area contributed by atoms with Crippen molar-refractivity contribution in [2.75, 3.05) is 11.1 Å². The van der Waals surface area contributed by atoms with Crippen molar-refractivity contribution in [2.24, 2.45) is 0 Å². The number of nitrogen functional groups attached to an aromatic ring is 1. The number of carbonyl (C=O) groups excluding carboxylic acids is 2. The number of aromatic nitrogens is 1. The molecule has 160 valence electrons. The summed E-state index contributed by atoms with van der Waals surface area (Å²) in [6.45, 7) is 0. The molecule has 1 heterocycles. The number of para-hydroxylation sites is 2. The first-order valence-electron chi connectivity index (χ1n) is 10.4. The van der Waals surface area contributed by atoms with E-state index in [2.05, 4.69) is 15.6 Å². The normalized spacial score (nSPS) is 13.7. The molecule has 4 N–H and O–H groups in total. The van der Waals surface area contributed by atoms with Crippen molar-refractivity contribution in [1.29, 1.82) is 0 Å². The summed E-state index contributed by atoms with van der Waals surface area (Å²) in [4.78, 5) is 29.0. The number of carbonyl (C=O) groups is 2. The topological polar surface area (TPSA) is 97.1 Å². The maximum atomic E-state index is 12.7. The fraction of sp³-hybridized carbons (Fsp3) is 0.115. The average molecular weight is 425 g/mol. The zero-order valence-electron chi connectivity index (χ0n) is 17.5. The van der Waals surface area contributed by atoms with E-state index in [0.29, 0.717) is 16.9 Å².